The van der Waals surface area contributed by atoms with Crippen LogP contribution >= 0.6 is 0 Å². The Morgan fingerprint density at radius 3 is 0.795 bits per heavy atom. The van der Waals surface area contributed by atoms with Gasteiger partial charge in [0.2, 0.25) is 0 Å². The molecule has 0 aromatic heterocycles. The minimum atomic E-state index is -0.784. The molecule has 0 aromatic rings. The number of hydrogen-bond acceptors (Lipinski definition) is 6. The van der Waals surface area contributed by atoms with Crippen LogP contribution in [0.4, 0.5) is 0 Å². The summed E-state index contributed by atoms with van der Waals surface area (Å²) in [6.45, 7) is 6.55. The highest BCUT2D eigenvalue weighted by Gasteiger charge is 2.19. The average Bonchev–Trinajstić information content (AvgIpc) is 3.44. The van der Waals surface area contributed by atoms with Gasteiger partial charge >= 0.3 is 17.9 Å². The summed E-state index contributed by atoms with van der Waals surface area (Å²) in [5.41, 5.74) is 0. The first-order valence-corrected chi connectivity index (χ1v) is 33.9. The molecule has 0 rings (SSSR count). The molecule has 78 heavy (non-hydrogen) atoms. The predicted octanol–water partition coefficient (Wildman–Crippen LogP) is 23.3. The maximum absolute atomic E-state index is 12.9. The van der Waals surface area contributed by atoms with E-state index in [0.29, 0.717) is 19.3 Å². The maximum atomic E-state index is 12.9. The average molecular weight is 1090 g/mol. The summed E-state index contributed by atoms with van der Waals surface area (Å²) in [5, 5.41) is 0. The Morgan fingerprint density at radius 1 is 0.269 bits per heavy atom. The van der Waals surface area contributed by atoms with E-state index in [-0.39, 0.29) is 31.1 Å². The molecule has 0 aliphatic rings. The van der Waals surface area contributed by atoms with E-state index in [9.17, 15) is 14.4 Å². The number of hydrogen-bond donors (Lipinski definition) is 0. The summed E-state index contributed by atoms with van der Waals surface area (Å²) in [6, 6.07) is 0. The summed E-state index contributed by atoms with van der Waals surface area (Å²) in [5.74, 6) is -0.876. The second kappa shape index (κ2) is 66.4. The van der Waals surface area contributed by atoms with E-state index in [1.165, 1.54) is 218 Å². The van der Waals surface area contributed by atoms with Gasteiger partial charge in [-0.25, -0.2) is 0 Å². The van der Waals surface area contributed by atoms with E-state index in [0.717, 1.165) is 89.9 Å². The molecule has 0 aromatic carbocycles. The highest BCUT2D eigenvalue weighted by molar-refractivity contribution is 5.71. The van der Waals surface area contributed by atoms with Crippen molar-refractivity contribution in [1.82, 2.24) is 0 Å². The standard InChI is InChI=1S/C72H128O6/c1-4-7-10-13-16-19-22-25-28-31-33-34-35-36-37-38-39-42-44-47-50-53-56-59-62-65-71(74)77-68-69(67-76-70(73)64-61-58-55-52-49-46-43-40-30-27-24-21-18-15-12-9-6-3)78-72(75)66-63-60-57-54-51-48-45-41-32-29-26-23-20-17-14-11-8-5-2/h9,12,18,21-22,25,27,29-33,69H,4-8,10-11,13-17,19-20,23-24,26,28,34-68H2,1-3H3/b12-9-,21-18-,25-22-,30-27-,32-29-,33-31-. The lowest BCUT2D eigenvalue weighted by Gasteiger charge is -2.18. The Hall–Kier alpha value is -3.15. The van der Waals surface area contributed by atoms with Gasteiger partial charge in [-0.2, -0.15) is 0 Å². The number of esters is 3. The van der Waals surface area contributed by atoms with Crippen LogP contribution in [-0.4, -0.2) is 37.2 Å². The SMILES string of the molecule is CC/C=C\C/C=C\C/C=C\CCCCCCCCCC(=O)OCC(COC(=O)CCCCCCCCCCCCCCC/C=C\C/C=C\CCCCCCC)OC(=O)CCCCCCCCC/C=C\CCCCCCCCC. The van der Waals surface area contributed by atoms with Gasteiger partial charge in [-0.1, -0.05) is 293 Å². The highest BCUT2D eigenvalue weighted by atomic mass is 16.6. The van der Waals surface area contributed by atoms with Gasteiger partial charge in [-0.15, -0.1) is 0 Å². The van der Waals surface area contributed by atoms with Crippen LogP contribution in [0, 0.1) is 0 Å². The van der Waals surface area contributed by atoms with E-state index < -0.39 is 6.10 Å². The van der Waals surface area contributed by atoms with Crippen LogP contribution in [0.5, 0.6) is 0 Å². The lowest BCUT2D eigenvalue weighted by Crippen LogP contribution is -2.30. The molecule has 0 bridgehead atoms. The van der Waals surface area contributed by atoms with Crippen molar-refractivity contribution in [2.75, 3.05) is 13.2 Å². The normalized spacial score (nSPS) is 12.5. The van der Waals surface area contributed by atoms with E-state index in [1.807, 2.05) is 0 Å². The Kier molecular flexibility index (Phi) is 63.7. The lowest BCUT2D eigenvalue weighted by molar-refractivity contribution is -0.167. The molecule has 0 spiro atoms. The van der Waals surface area contributed by atoms with Crippen LogP contribution in [0.1, 0.15) is 348 Å². The quantitative estimate of drug-likeness (QED) is 0.0261. The largest absolute Gasteiger partial charge is 0.462 e. The topological polar surface area (TPSA) is 78.9 Å². The van der Waals surface area contributed by atoms with Gasteiger partial charge in [-0.3, -0.25) is 14.4 Å². The molecule has 0 aliphatic heterocycles. The molecule has 1 atom stereocenters. The Labute approximate surface area is 484 Å². The van der Waals surface area contributed by atoms with Crippen LogP contribution in [0.25, 0.3) is 0 Å². The van der Waals surface area contributed by atoms with Crippen molar-refractivity contribution in [3.63, 3.8) is 0 Å². The highest BCUT2D eigenvalue weighted by Crippen LogP contribution is 2.17. The molecule has 0 amide bonds. The molecule has 0 saturated carbocycles. The molecule has 0 aliphatic carbocycles. The summed E-state index contributed by atoms with van der Waals surface area (Å²) in [6.07, 6.45) is 86.3. The number of unbranched alkanes of at least 4 members (excludes halogenated alkanes) is 39. The van der Waals surface area contributed by atoms with Crippen molar-refractivity contribution >= 4 is 17.9 Å². The first kappa shape index (κ1) is 74.8. The van der Waals surface area contributed by atoms with E-state index in [4.69, 9.17) is 14.2 Å². The minimum Gasteiger partial charge on any atom is -0.462 e. The van der Waals surface area contributed by atoms with Gasteiger partial charge in [0.15, 0.2) is 6.10 Å². The monoisotopic (exact) mass is 1090 g/mol. The third-order valence-electron chi connectivity index (χ3n) is 14.9. The van der Waals surface area contributed by atoms with E-state index in [2.05, 4.69) is 93.7 Å². The zero-order valence-corrected chi connectivity index (χ0v) is 51.9. The summed E-state index contributed by atoms with van der Waals surface area (Å²) < 4.78 is 17.0. The van der Waals surface area contributed by atoms with Gasteiger partial charge in [0, 0.05) is 19.3 Å². The van der Waals surface area contributed by atoms with E-state index >= 15 is 0 Å². The molecule has 0 heterocycles. The molecule has 0 radical (unpaired) electrons. The number of carbonyl (C=O) groups is 3. The van der Waals surface area contributed by atoms with Crippen LogP contribution in [0.2, 0.25) is 0 Å². The summed E-state index contributed by atoms with van der Waals surface area (Å²) >= 11 is 0. The smallest absolute Gasteiger partial charge is 0.306 e. The zero-order chi connectivity index (χ0) is 56.4. The fraction of sp³-hybridized carbons (Fsp3) is 0.792. The van der Waals surface area contributed by atoms with Crippen LogP contribution in [-0.2, 0) is 28.6 Å². The molecule has 0 N–H and O–H groups in total. The van der Waals surface area contributed by atoms with Gasteiger partial charge in [-0.05, 0) is 109 Å². The first-order chi connectivity index (χ1) is 38.5. The molecule has 0 saturated heterocycles. The van der Waals surface area contributed by atoms with Crippen LogP contribution < -0.4 is 0 Å². The third-order valence-corrected chi connectivity index (χ3v) is 14.9. The molecule has 6 heteroatoms. The van der Waals surface area contributed by atoms with E-state index in [1.54, 1.807) is 0 Å². The Balaban J connectivity index is 4.33. The molecule has 452 valence electrons. The summed E-state index contributed by atoms with van der Waals surface area (Å²) in [7, 11) is 0. The minimum absolute atomic E-state index is 0.0786. The van der Waals surface area contributed by atoms with Crippen molar-refractivity contribution in [3.05, 3.63) is 72.9 Å². The second-order valence-electron chi connectivity index (χ2n) is 22.7. The van der Waals surface area contributed by atoms with Gasteiger partial charge in [0.05, 0.1) is 0 Å². The Morgan fingerprint density at radius 2 is 0.500 bits per heavy atom. The zero-order valence-electron chi connectivity index (χ0n) is 51.9. The summed E-state index contributed by atoms with van der Waals surface area (Å²) in [4.78, 5) is 38.4. The van der Waals surface area contributed by atoms with Crippen molar-refractivity contribution in [1.29, 1.82) is 0 Å². The van der Waals surface area contributed by atoms with Gasteiger partial charge in [0.1, 0.15) is 13.2 Å². The Bertz CT molecular complexity index is 1440. The van der Waals surface area contributed by atoms with Crippen molar-refractivity contribution in [3.8, 4) is 0 Å². The van der Waals surface area contributed by atoms with Crippen molar-refractivity contribution in [2.45, 2.75) is 354 Å². The fourth-order valence-corrected chi connectivity index (χ4v) is 9.84. The molecular weight excluding hydrogens is 961 g/mol. The number of carbonyl (C=O) groups excluding carboxylic acids is 3. The fourth-order valence-electron chi connectivity index (χ4n) is 9.84. The third kappa shape index (κ3) is 63.7. The lowest BCUT2D eigenvalue weighted by atomic mass is 10.0. The predicted molar refractivity (Wildman–Crippen MR) is 339 cm³/mol. The second-order valence-corrected chi connectivity index (χ2v) is 22.7. The number of rotatable bonds is 62. The number of allylic oxidation sites excluding steroid dienone is 12. The molecule has 6 nitrogen and oxygen atoms in total. The van der Waals surface area contributed by atoms with Gasteiger partial charge < -0.3 is 14.2 Å². The van der Waals surface area contributed by atoms with Gasteiger partial charge in [0.25, 0.3) is 0 Å². The van der Waals surface area contributed by atoms with Crippen LogP contribution in [0.15, 0.2) is 72.9 Å². The van der Waals surface area contributed by atoms with Crippen molar-refractivity contribution < 1.29 is 28.6 Å². The maximum Gasteiger partial charge on any atom is 0.306 e. The van der Waals surface area contributed by atoms with Crippen molar-refractivity contribution in [2.24, 2.45) is 0 Å². The molecule has 1 unspecified atom stereocenters. The number of ether oxygens (including phenoxy) is 3. The molecule has 0 fully saturated rings. The van der Waals surface area contributed by atoms with Crippen LogP contribution in [0.3, 0.4) is 0 Å². The first-order valence-electron chi connectivity index (χ1n) is 33.9. The molecular formula is C72H128O6.